The Balaban J connectivity index is 2.07. The van der Waals surface area contributed by atoms with E-state index in [2.05, 4.69) is 4.98 Å². The van der Waals surface area contributed by atoms with E-state index in [1.54, 1.807) is 18.2 Å². The molecule has 0 saturated heterocycles. The largest absolute Gasteiger partial charge is 0.492 e. The number of hydrogen-bond acceptors (Lipinski definition) is 4. The van der Waals surface area contributed by atoms with Gasteiger partial charge in [-0.3, -0.25) is 0 Å². The summed E-state index contributed by atoms with van der Waals surface area (Å²) in [6.45, 7) is -0.0253. The number of nitriles is 1. The van der Waals surface area contributed by atoms with Crippen LogP contribution in [0.2, 0.25) is 10.0 Å². The smallest absolute Gasteiger partial charge is 0.233 e. The Morgan fingerprint density at radius 3 is 2.54 bits per heavy atom. The van der Waals surface area contributed by atoms with E-state index >= 15 is 0 Å². The lowest BCUT2D eigenvalue weighted by atomic mass is 10.1. The predicted molar refractivity (Wildman–Crippen MR) is 88.9 cm³/mol. The Hall–Kier alpha value is -2.55. The van der Waals surface area contributed by atoms with Gasteiger partial charge < -0.3 is 9.84 Å². The highest BCUT2D eigenvalue weighted by atomic mass is 35.5. The summed E-state index contributed by atoms with van der Waals surface area (Å²) in [5.74, 6) is -1.02. The molecule has 1 aromatic heterocycles. The van der Waals surface area contributed by atoms with Gasteiger partial charge in [-0.25, -0.2) is 4.39 Å². The van der Waals surface area contributed by atoms with Gasteiger partial charge in [0.1, 0.15) is 24.1 Å². The van der Waals surface area contributed by atoms with Gasteiger partial charge in [0, 0.05) is 26.4 Å². The minimum atomic E-state index is -0.514. The highest BCUT2D eigenvalue weighted by Crippen LogP contribution is 2.33. The summed E-state index contributed by atoms with van der Waals surface area (Å²) in [4.78, 5) is 3.85. The Morgan fingerprint density at radius 2 is 1.88 bits per heavy atom. The van der Waals surface area contributed by atoms with Gasteiger partial charge >= 0.3 is 0 Å². The zero-order valence-electron chi connectivity index (χ0n) is 12.1. The number of nitrogens with zero attached hydrogens (tertiary/aromatic N) is 2. The number of aromatic nitrogens is 1. The first-order chi connectivity index (χ1) is 11.5. The molecular weight excluding hydrogens is 354 g/mol. The van der Waals surface area contributed by atoms with Crippen molar-refractivity contribution in [1.82, 2.24) is 4.98 Å². The molecule has 3 rings (SSSR count). The van der Waals surface area contributed by atoms with Crippen LogP contribution in [0.1, 0.15) is 11.1 Å². The lowest BCUT2D eigenvalue weighted by Gasteiger charge is -2.12. The maximum atomic E-state index is 13.6. The molecule has 0 amide bonds. The fraction of sp³-hybridized carbons (Fsp3) is 0.0588. The highest BCUT2D eigenvalue weighted by molar-refractivity contribution is 6.35. The second-order valence-electron chi connectivity index (χ2n) is 4.91. The predicted octanol–water partition coefficient (Wildman–Crippen LogP) is 4.84. The molecule has 0 aliphatic carbocycles. The number of aromatic hydroxyl groups is 1. The van der Waals surface area contributed by atoms with Gasteiger partial charge in [-0.2, -0.15) is 10.2 Å². The number of hydrogen-bond donors (Lipinski definition) is 1. The van der Waals surface area contributed by atoms with Gasteiger partial charge in [-0.05, 0) is 30.3 Å². The third kappa shape index (κ3) is 2.94. The summed E-state index contributed by atoms with van der Waals surface area (Å²) in [5, 5.41) is 20.5. The molecule has 0 spiro atoms. The molecule has 0 fully saturated rings. The first-order valence-corrected chi connectivity index (χ1v) is 7.55. The molecule has 0 unspecified atom stereocenters. The van der Waals surface area contributed by atoms with Crippen LogP contribution < -0.4 is 4.74 Å². The summed E-state index contributed by atoms with van der Waals surface area (Å²) in [5.41, 5.74) is 0.490. The summed E-state index contributed by atoms with van der Waals surface area (Å²) in [6, 6.07) is 10.6. The van der Waals surface area contributed by atoms with E-state index in [0.29, 0.717) is 21.0 Å². The van der Waals surface area contributed by atoms with E-state index in [4.69, 9.17) is 33.2 Å². The number of rotatable bonds is 3. The van der Waals surface area contributed by atoms with Gasteiger partial charge in [-0.15, -0.1) is 0 Å². The monoisotopic (exact) mass is 362 g/mol. The molecule has 0 bridgehead atoms. The average molecular weight is 363 g/mol. The average Bonchev–Trinajstić information content (AvgIpc) is 2.54. The van der Waals surface area contributed by atoms with E-state index in [9.17, 15) is 9.50 Å². The minimum absolute atomic E-state index is 0.0167. The van der Waals surface area contributed by atoms with Gasteiger partial charge in [0.05, 0.1) is 0 Å². The molecule has 4 nitrogen and oxygen atoms in total. The molecule has 7 heteroatoms. The van der Waals surface area contributed by atoms with Crippen LogP contribution in [0.15, 0.2) is 36.4 Å². The first-order valence-electron chi connectivity index (χ1n) is 6.79. The van der Waals surface area contributed by atoms with Crippen molar-refractivity contribution >= 4 is 34.0 Å². The molecule has 2 aromatic carbocycles. The van der Waals surface area contributed by atoms with Crippen LogP contribution in [0.3, 0.4) is 0 Å². The van der Waals surface area contributed by atoms with Crippen LogP contribution in [0.4, 0.5) is 4.39 Å². The van der Waals surface area contributed by atoms with Crippen molar-refractivity contribution in [3.05, 3.63) is 63.4 Å². The van der Waals surface area contributed by atoms with E-state index in [-0.39, 0.29) is 23.4 Å². The van der Waals surface area contributed by atoms with Crippen molar-refractivity contribution in [2.45, 2.75) is 6.61 Å². The molecule has 3 aromatic rings. The van der Waals surface area contributed by atoms with Crippen molar-refractivity contribution < 1.29 is 14.2 Å². The Kier molecular flexibility index (Phi) is 4.43. The molecule has 0 radical (unpaired) electrons. The molecular formula is C17H9Cl2FN2O2. The third-order valence-corrected chi connectivity index (χ3v) is 4.15. The quantitative estimate of drug-likeness (QED) is 0.723. The molecule has 0 atom stereocenters. The number of ether oxygens (including phenoxy) is 1. The van der Waals surface area contributed by atoms with Crippen molar-refractivity contribution in [2.75, 3.05) is 0 Å². The second-order valence-corrected chi connectivity index (χ2v) is 5.72. The maximum Gasteiger partial charge on any atom is 0.233 e. The summed E-state index contributed by atoms with van der Waals surface area (Å²) < 4.78 is 19.2. The number of fused-ring (bicyclic) bond motifs is 1. The van der Waals surface area contributed by atoms with Crippen molar-refractivity contribution in [2.24, 2.45) is 0 Å². The van der Waals surface area contributed by atoms with E-state index < -0.39 is 11.7 Å². The van der Waals surface area contributed by atoms with Crippen molar-refractivity contribution in [3.63, 3.8) is 0 Å². The molecule has 1 N–H and O–H groups in total. The fourth-order valence-corrected chi connectivity index (χ4v) is 2.78. The van der Waals surface area contributed by atoms with Crippen molar-refractivity contribution in [1.29, 1.82) is 5.26 Å². The summed E-state index contributed by atoms with van der Waals surface area (Å²) >= 11 is 12.2. The maximum absolute atomic E-state index is 13.6. The highest BCUT2D eigenvalue weighted by Gasteiger charge is 2.16. The van der Waals surface area contributed by atoms with Crippen LogP contribution in [-0.2, 0) is 6.61 Å². The molecule has 0 aliphatic rings. The lowest BCUT2D eigenvalue weighted by molar-refractivity contribution is 0.293. The zero-order valence-corrected chi connectivity index (χ0v) is 13.6. The van der Waals surface area contributed by atoms with Gasteiger partial charge in [0.2, 0.25) is 11.8 Å². The molecule has 1 heterocycles. The van der Waals surface area contributed by atoms with Crippen LogP contribution in [-0.4, -0.2) is 10.1 Å². The van der Waals surface area contributed by atoms with E-state index in [1.165, 1.54) is 18.2 Å². The first kappa shape index (κ1) is 16.3. The fourth-order valence-electron chi connectivity index (χ4n) is 2.28. The van der Waals surface area contributed by atoms with Gasteiger partial charge in [0.25, 0.3) is 0 Å². The Bertz CT molecular complexity index is 966. The summed E-state index contributed by atoms with van der Waals surface area (Å²) in [7, 11) is 0. The van der Waals surface area contributed by atoms with Crippen molar-refractivity contribution in [3.8, 4) is 17.8 Å². The van der Waals surface area contributed by atoms with E-state index in [1.807, 2.05) is 6.07 Å². The topological polar surface area (TPSA) is 66.1 Å². The standard InChI is InChI=1S/C17H9Cl2FN2O2/c18-14-2-1-3-15(19)13(14)8-24-17-11-6-9(20)4-5-10(11)12(7-21)16(23)22-17/h1-6H,8H2,(H,22,23). The zero-order chi connectivity index (χ0) is 17.3. The normalized spacial score (nSPS) is 10.6. The van der Waals surface area contributed by atoms with Crippen LogP contribution in [0.5, 0.6) is 11.8 Å². The number of benzene rings is 2. The van der Waals surface area contributed by atoms with Crippen LogP contribution in [0, 0.1) is 17.1 Å². The van der Waals surface area contributed by atoms with E-state index in [0.717, 1.165) is 0 Å². The molecule has 24 heavy (non-hydrogen) atoms. The van der Waals surface area contributed by atoms with Crippen LogP contribution >= 0.6 is 23.2 Å². The summed E-state index contributed by atoms with van der Waals surface area (Å²) in [6.07, 6.45) is 0. The Morgan fingerprint density at radius 1 is 1.17 bits per heavy atom. The molecule has 0 aliphatic heterocycles. The van der Waals surface area contributed by atoms with Crippen LogP contribution in [0.25, 0.3) is 10.8 Å². The van der Waals surface area contributed by atoms with Gasteiger partial charge in [0.15, 0.2) is 0 Å². The number of pyridine rings is 1. The lowest BCUT2D eigenvalue weighted by Crippen LogP contribution is -2.01. The van der Waals surface area contributed by atoms with Gasteiger partial charge in [-0.1, -0.05) is 29.3 Å². The SMILES string of the molecule is N#Cc1c(O)nc(OCc2c(Cl)cccc2Cl)c2cc(F)ccc12. The minimum Gasteiger partial charge on any atom is -0.492 e. The Labute approximate surface area is 146 Å². The number of halogens is 3. The molecule has 120 valence electrons. The third-order valence-electron chi connectivity index (χ3n) is 3.44. The second kappa shape index (κ2) is 6.52. The molecule has 0 saturated carbocycles.